The first-order valence-electron chi connectivity index (χ1n) is 4.84. The van der Waals surface area contributed by atoms with Crippen molar-refractivity contribution in [2.24, 2.45) is 0 Å². The van der Waals surface area contributed by atoms with Gasteiger partial charge in [0.2, 0.25) is 11.8 Å². The number of hydrogen-bond acceptors (Lipinski definition) is 4. The van der Waals surface area contributed by atoms with Crippen molar-refractivity contribution in [3.8, 4) is 17.1 Å². The molecular weight excluding hydrogens is 247 g/mol. The monoisotopic (exact) mass is 255 g/mol. The van der Waals surface area contributed by atoms with E-state index in [9.17, 15) is 13.2 Å². The molecule has 0 bridgehead atoms. The maximum absolute atomic E-state index is 13.5. The van der Waals surface area contributed by atoms with Crippen LogP contribution in [0.1, 0.15) is 0 Å². The molecule has 0 aliphatic carbocycles. The molecule has 0 aliphatic rings. The normalized spacial score (nSPS) is 10.4. The Labute approximate surface area is 100 Å². The van der Waals surface area contributed by atoms with Crippen molar-refractivity contribution in [2.75, 3.05) is 12.8 Å². The predicted molar refractivity (Wildman–Crippen MR) is 58.3 cm³/mol. The Morgan fingerprint density at radius 3 is 2.22 bits per heavy atom. The zero-order chi connectivity index (χ0) is 13.3. The van der Waals surface area contributed by atoms with Gasteiger partial charge in [-0.15, -0.1) is 0 Å². The number of rotatable bonds is 2. The Balaban J connectivity index is 2.65. The van der Waals surface area contributed by atoms with E-state index in [1.807, 2.05) is 0 Å². The van der Waals surface area contributed by atoms with Crippen molar-refractivity contribution in [1.29, 1.82) is 0 Å². The van der Waals surface area contributed by atoms with E-state index >= 15 is 0 Å². The van der Waals surface area contributed by atoms with E-state index in [0.717, 1.165) is 0 Å². The third-order valence-electron chi connectivity index (χ3n) is 2.19. The molecule has 0 unspecified atom stereocenters. The quantitative estimate of drug-likeness (QED) is 0.893. The van der Waals surface area contributed by atoms with Crippen LogP contribution >= 0.6 is 0 Å². The van der Waals surface area contributed by atoms with Crippen molar-refractivity contribution in [3.05, 3.63) is 35.7 Å². The molecule has 4 nitrogen and oxygen atoms in total. The van der Waals surface area contributed by atoms with E-state index in [4.69, 9.17) is 10.5 Å². The number of anilines is 1. The lowest BCUT2D eigenvalue weighted by Gasteiger charge is -2.07. The first-order valence-corrected chi connectivity index (χ1v) is 4.84. The molecule has 0 saturated heterocycles. The summed E-state index contributed by atoms with van der Waals surface area (Å²) < 4.78 is 44.7. The number of nitrogen functional groups attached to an aromatic ring is 1. The highest BCUT2D eigenvalue weighted by Crippen LogP contribution is 2.27. The molecule has 2 rings (SSSR count). The minimum absolute atomic E-state index is 0.0561. The largest absolute Gasteiger partial charge is 0.481 e. The molecule has 0 fully saturated rings. The first kappa shape index (κ1) is 12.2. The van der Waals surface area contributed by atoms with Crippen LogP contribution in [0.2, 0.25) is 0 Å². The highest BCUT2D eigenvalue weighted by Gasteiger charge is 2.16. The topological polar surface area (TPSA) is 61.0 Å². The van der Waals surface area contributed by atoms with E-state index < -0.39 is 23.0 Å². The molecule has 0 spiro atoms. The predicted octanol–water partition coefficient (Wildman–Crippen LogP) is 2.15. The third-order valence-corrected chi connectivity index (χ3v) is 2.19. The Hall–Kier alpha value is -2.31. The van der Waals surface area contributed by atoms with Gasteiger partial charge < -0.3 is 10.5 Å². The number of benzene rings is 1. The van der Waals surface area contributed by atoms with Crippen molar-refractivity contribution >= 4 is 5.95 Å². The lowest BCUT2D eigenvalue weighted by atomic mass is 10.1. The van der Waals surface area contributed by atoms with Gasteiger partial charge in [0.15, 0.2) is 0 Å². The van der Waals surface area contributed by atoms with Gasteiger partial charge in [-0.3, -0.25) is 0 Å². The highest BCUT2D eigenvalue weighted by molar-refractivity contribution is 5.62. The fourth-order valence-electron chi connectivity index (χ4n) is 1.46. The average molecular weight is 255 g/mol. The number of aromatic nitrogens is 2. The Morgan fingerprint density at radius 2 is 1.67 bits per heavy atom. The lowest BCUT2D eigenvalue weighted by Crippen LogP contribution is -2.01. The van der Waals surface area contributed by atoms with Crippen LogP contribution in [-0.2, 0) is 0 Å². The number of hydrogen-bond donors (Lipinski definition) is 1. The molecule has 2 N–H and O–H groups in total. The van der Waals surface area contributed by atoms with Gasteiger partial charge in [0.1, 0.15) is 17.5 Å². The maximum Gasteiger partial charge on any atom is 0.223 e. The van der Waals surface area contributed by atoms with Crippen LogP contribution in [0.3, 0.4) is 0 Å². The van der Waals surface area contributed by atoms with Crippen LogP contribution in [0.15, 0.2) is 18.2 Å². The second-order valence-electron chi connectivity index (χ2n) is 3.40. The van der Waals surface area contributed by atoms with Crippen molar-refractivity contribution in [2.45, 2.75) is 0 Å². The standard InChI is InChI=1S/C11H8F3N3O/c1-18-9-4-8(16-11(15)17-9)10-6(13)2-5(12)3-7(10)14/h2-4H,1H3,(H2,15,16,17). The number of ether oxygens (including phenoxy) is 1. The molecule has 1 aromatic heterocycles. The molecule has 0 aliphatic heterocycles. The van der Waals surface area contributed by atoms with Gasteiger partial charge in [-0.1, -0.05) is 0 Å². The summed E-state index contributed by atoms with van der Waals surface area (Å²) in [6.07, 6.45) is 0. The van der Waals surface area contributed by atoms with E-state index in [2.05, 4.69) is 9.97 Å². The summed E-state index contributed by atoms with van der Waals surface area (Å²) in [7, 11) is 1.32. The smallest absolute Gasteiger partial charge is 0.223 e. The molecule has 0 saturated carbocycles. The molecule has 0 amide bonds. The van der Waals surface area contributed by atoms with Gasteiger partial charge in [-0.25, -0.2) is 18.2 Å². The summed E-state index contributed by atoms with van der Waals surface area (Å²) in [5, 5.41) is 0. The lowest BCUT2D eigenvalue weighted by molar-refractivity contribution is 0.398. The van der Waals surface area contributed by atoms with Crippen LogP contribution in [0.4, 0.5) is 19.1 Å². The van der Waals surface area contributed by atoms with Gasteiger partial charge in [0.25, 0.3) is 0 Å². The third kappa shape index (κ3) is 2.20. The van der Waals surface area contributed by atoms with Gasteiger partial charge in [-0.05, 0) is 0 Å². The van der Waals surface area contributed by atoms with Crippen LogP contribution in [0.5, 0.6) is 5.88 Å². The highest BCUT2D eigenvalue weighted by atomic mass is 19.1. The molecule has 7 heteroatoms. The van der Waals surface area contributed by atoms with Crippen molar-refractivity contribution in [1.82, 2.24) is 9.97 Å². The van der Waals surface area contributed by atoms with Gasteiger partial charge in [0, 0.05) is 18.2 Å². The minimum atomic E-state index is -1.08. The summed E-state index contributed by atoms with van der Waals surface area (Å²) >= 11 is 0. The molecule has 94 valence electrons. The minimum Gasteiger partial charge on any atom is -0.481 e. The van der Waals surface area contributed by atoms with E-state index in [0.29, 0.717) is 12.1 Å². The summed E-state index contributed by atoms with van der Waals surface area (Å²) in [5.74, 6) is -3.31. The maximum atomic E-state index is 13.5. The fourth-order valence-corrected chi connectivity index (χ4v) is 1.46. The molecule has 2 aromatic rings. The zero-order valence-electron chi connectivity index (χ0n) is 9.25. The number of halogens is 3. The van der Waals surface area contributed by atoms with Gasteiger partial charge in [-0.2, -0.15) is 4.98 Å². The summed E-state index contributed by atoms with van der Waals surface area (Å²) in [4.78, 5) is 7.37. The molecule has 1 heterocycles. The zero-order valence-corrected chi connectivity index (χ0v) is 9.25. The summed E-state index contributed by atoms with van der Waals surface area (Å²) in [6.45, 7) is 0. The van der Waals surface area contributed by atoms with E-state index in [1.165, 1.54) is 13.2 Å². The molecular formula is C11H8F3N3O. The number of methoxy groups -OCH3 is 1. The second kappa shape index (κ2) is 4.52. The van der Waals surface area contributed by atoms with Crippen LogP contribution < -0.4 is 10.5 Å². The van der Waals surface area contributed by atoms with E-state index in [1.54, 1.807) is 0 Å². The molecule has 0 radical (unpaired) electrons. The number of nitrogens with zero attached hydrogens (tertiary/aromatic N) is 2. The first-order chi connectivity index (χ1) is 8.51. The fraction of sp³-hybridized carbons (Fsp3) is 0.0909. The number of nitrogens with two attached hydrogens (primary N) is 1. The Kier molecular flexibility index (Phi) is 3.05. The Bertz CT molecular complexity index is 581. The SMILES string of the molecule is COc1cc(-c2c(F)cc(F)cc2F)nc(N)n1. The van der Waals surface area contributed by atoms with Crippen LogP contribution in [-0.4, -0.2) is 17.1 Å². The molecule has 1 aromatic carbocycles. The average Bonchev–Trinajstić information content (AvgIpc) is 2.26. The van der Waals surface area contributed by atoms with Gasteiger partial charge in [0.05, 0.1) is 18.4 Å². The van der Waals surface area contributed by atoms with Crippen molar-refractivity contribution < 1.29 is 17.9 Å². The molecule has 18 heavy (non-hydrogen) atoms. The Morgan fingerprint density at radius 1 is 1.06 bits per heavy atom. The summed E-state index contributed by atoms with van der Waals surface area (Å²) in [5.41, 5.74) is 4.78. The van der Waals surface area contributed by atoms with E-state index in [-0.39, 0.29) is 17.5 Å². The molecule has 0 atom stereocenters. The van der Waals surface area contributed by atoms with Crippen LogP contribution in [0.25, 0.3) is 11.3 Å². The summed E-state index contributed by atoms with van der Waals surface area (Å²) in [6, 6.07) is 2.32. The van der Waals surface area contributed by atoms with Crippen molar-refractivity contribution in [3.63, 3.8) is 0 Å². The van der Waals surface area contributed by atoms with Gasteiger partial charge >= 0.3 is 0 Å². The van der Waals surface area contributed by atoms with Crippen LogP contribution in [0, 0.1) is 17.5 Å². The second-order valence-corrected chi connectivity index (χ2v) is 3.40.